The van der Waals surface area contributed by atoms with Crippen molar-refractivity contribution in [1.82, 2.24) is 0 Å². The highest BCUT2D eigenvalue weighted by atomic mass is 31.2. The van der Waals surface area contributed by atoms with Crippen LogP contribution < -0.4 is 0 Å². The summed E-state index contributed by atoms with van der Waals surface area (Å²) in [5.74, 6) is -1.09. The zero-order valence-corrected chi connectivity index (χ0v) is 35.6. The van der Waals surface area contributed by atoms with Gasteiger partial charge >= 0.3 is 19.8 Å². The summed E-state index contributed by atoms with van der Waals surface area (Å²) < 4.78 is 26.3. The van der Waals surface area contributed by atoms with Gasteiger partial charge in [0.2, 0.25) is 0 Å². The average molecular weight is 795 g/mol. The summed E-state index contributed by atoms with van der Waals surface area (Å²) >= 11 is 0. The molecule has 0 saturated heterocycles. The SMILES string of the molecule is CCCCC/C=C\C/C=C\C/C=C\C=C\[C@H](O)CCCC(=O)O[C@H](COC(=O)CCCCCCCCCCC/C=C\CCCCCCCC)COP(=O)(O)O. The predicted octanol–water partition coefficient (Wildman–Crippen LogP) is 12.3. The van der Waals surface area contributed by atoms with E-state index < -0.39 is 38.6 Å². The zero-order chi connectivity index (χ0) is 40.5. The smallest absolute Gasteiger partial charge is 0.462 e. The Morgan fingerprint density at radius 3 is 1.64 bits per heavy atom. The molecule has 3 N–H and O–H groups in total. The Kier molecular flexibility index (Phi) is 38.3. The maximum absolute atomic E-state index is 12.4. The highest BCUT2D eigenvalue weighted by Gasteiger charge is 2.23. The van der Waals surface area contributed by atoms with Crippen LogP contribution in [0.2, 0.25) is 0 Å². The zero-order valence-electron chi connectivity index (χ0n) is 34.7. The Morgan fingerprint density at radius 2 is 1.04 bits per heavy atom. The molecule has 0 heterocycles. The Bertz CT molecular complexity index is 1090. The first-order valence-electron chi connectivity index (χ1n) is 21.7. The molecule has 0 aliphatic rings. The lowest BCUT2D eigenvalue weighted by Gasteiger charge is -2.18. The van der Waals surface area contributed by atoms with Crippen molar-refractivity contribution in [2.24, 2.45) is 0 Å². The Balaban J connectivity index is 4.08. The number of rotatable bonds is 39. The molecule has 0 fully saturated rings. The van der Waals surface area contributed by atoms with E-state index in [1.54, 1.807) is 12.2 Å². The molecule has 318 valence electrons. The van der Waals surface area contributed by atoms with Crippen LogP contribution in [0, 0.1) is 0 Å². The van der Waals surface area contributed by atoms with Crippen LogP contribution in [-0.2, 0) is 28.2 Å². The van der Waals surface area contributed by atoms with E-state index in [0.29, 0.717) is 19.3 Å². The van der Waals surface area contributed by atoms with E-state index in [1.165, 1.54) is 103 Å². The number of carbonyl (C=O) groups is 2. The normalized spacial score (nSPS) is 13.6. The summed E-state index contributed by atoms with van der Waals surface area (Å²) in [6.45, 7) is 3.49. The monoisotopic (exact) mass is 795 g/mol. The van der Waals surface area contributed by atoms with E-state index in [1.807, 2.05) is 12.2 Å². The summed E-state index contributed by atoms with van der Waals surface area (Å²) in [4.78, 5) is 42.9. The number of unbranched alkanes of at least 4 members (excludes halogenated alkanes) is 18. The molecule has 0 aromatic rings. The first kappa shape index (κ1) is 52.7. The van der Waals surface area contributed by atoms with Crippen molar-refractivity contribution in [3.05, 3.63) is 60.8 Å². The van der Waals surface area contributed by atoms with Gasteiger partial charge in [-0.25, -0.2) is 4.57 Å². The highest BCUT2D eigenvalue weighted by Crippen LogP contribution is 2.36. The van der Waals surface area contributed by atoms with Crippen molar-refractivity contribution < 1.29 is 43.0 Å². The Hall–Kier alpha value is -2.29. The largest absolute Gasteiger partial charge is 0.469 e. The summed E-state index contributed by atoms with van der Waals surface area (Å²) in [5, 5.41) is 10.2. The number of phosphoric acid groups is 1. The van der Waals surface area contributed by atoms with E-state index in [9.17, 15) is 19.3 Å². The molecule has 0 radical (unpaired) electrons. The maximum Gasteiger partial charge on any atom is 0.469 e. The number of phosphoric ester groups is 1. The molecule has 10 heteroatoms. The highest BCUT2D eigenvalue weighted by molar-refractivity contribution is 7.46. The standard InChI is InChI=1S/C45H79O9P/c1-3-5-7-9-11-13-15-17-18-19-20-21-22-24-26-28-30-32-34-38-44(47)52-40-43(41-53-55(49,50)51)54-45(48)39-35-37-42(46)36-33-31-29-27-25-23-16-14-12-10-8-6-4-2/h12,14,17-18,23,25,29,31,33,36,42-43,46H,3-11,13,15-16,19-22,24,26-28,30,32,34-35,37-41H2,1-2H3,(H2,49,50,51)/b14-12-,18-17-,25-23-,31-29-,36-33+/t42-,43+/m0/s1. The van der Waals surface area contributed by atoms with Gasteiger partial charge in [0.05, 0.1) is 12.7 Å². The molecule has 0 aliphatic heterocycles. The van der Waals surface area contributed by atoms with Crippen molar-refractivity contribution in [2.75, 3.05) is 13.2 Å². The molecule has 55 heavy (non-hydrogen) atoms. The topological polar surface area (TPSA) is 140 Å². The molecule has 0 aromatic heterocycles. The lowest BCUT2D eigenvalue weighted by Crippen LogP contribution is -2.29. The summed E-state index contributed by atoms with van der Waals surface area (Å²) in [7, 11) is -4.81. The third-order valence-corrected chi connectivity index (χ3v) is 9.60. The lowest BCUT2D eigenvalue weighted by molar-refractivity contribution is -0.161. The van der Waals surface area contributed by atoms with Gasteiger partial charge in [0.25, 0.3) is 0 Å². The second kappa shape index (κ2) is 39.9. The van der Waals surface area contributed by atoms with Crippen LogP contribution in [0.3, 0.4) is 0 Å². The van der Waals surface area contributed by atoms with Gasteiger partial charge in [0, 0.05) is 12.8 Å². The summed E-state index contributed by atoms with van der Waals surface area (Å²) in [5.41, 5.74) is 0. The van der Waals surface area contributed by atoms with Crippen molar-refractivity contribution in [3.63, 3.8) is 0 Å². The van der Waals surface area contributed by atoms with Crippen LogP contribution in [0.4, 0.5) is 0 Å². The van der Waals surface area contributed by atoms with Gasteiger partial charge in [0.15, 0.2) is 6.10 Å². The summed E-state index contributed by atoms with van der Waals surface area (Å²) in [6.07, 6.45) is 46.8. The van der Waals surface area contributed by atoms with E-state index in [-0.39, 0.29) is 19.4 Å². The number of esters is 2. The molecule has 0 bridgehead atoms. The third-order valence-electron chi connectivity index (χ3n) is 9.11. The minimum atomic E-state index is -4.81. The lowest BCUT2D eigenvalue weighted by atomic mass is 10.1. The predicted molar refractivity (Wildman–Crippen MR) is 227 cm³/mol. The number of carbonyl (C=O) groups excluding carboxylic acids is 2. The minimum absolute atomic E-state index is 0.0182. The second-order valence-corrected chi connectivity index (χ2v) is 15.8. The van der Waals surface area contributed by atoms with Crippen LogP contribution in [0.5, 0.6) is 0 Å². The quantitative estimate of drug-likeness (QED) is 0.0182. The van der Waals surface area contributed by atoms with Crippen molar-refractivity contribution >= 4 is 19.8 Å². The van der Waals surface area contributed by atoms with E-state index >= 15 is 0 Å². The molecule has 0 spiro atoms. The number of aliphatic hydroxyl groups excluding tert-OH is 1. The molecular weight excluding hydrogens is 715 g/mol. The maximum atomic E-state index is 12.4. The minimum Gasteiger partial charge on any atom is -0.462 e. The Labute approximate surface area is 335 Å². The van der Waals surface area contributed by atoms with E-state index in [4.69, 9.17) is 19.3 Å². The molecule has 0 aliphatic carbocycles. The van der Waals surface area contributed by atoms with Gasteiger partial charge < -0.3 is 24.4 Å². The number of ether oxygens (including phenoxy) is 2. The van der Waals surface area contributed by atoms with Crippen LogP contribution in [-0.4, -0.2) is 52.3 Å². The number of aliphatic hydroxyl groups is 1. The average Bonchev–Trinajstić information content (AvgIpc) is 3.15. The van der Waals surface area contributed by atoms with Crippen LogP contribution in [0.25, 0.3) is 0 Å². The van der Waals surface area contributed by atoms with Crippen LogP contribution in [0.1, 0.15) is 187 Å². The van der Waals surface area contributed by atoms with Crippen molar-refractivity contribution in [2.45, 2.75) is 199 Å². The fourth-order valence-electron chi connectivity index (χ4n) is 5.82. The van der Waals surface area contributed by atoms with Gasteiger partial charge in [-0.15, -0.1) is 0 Å². The molecule has 0 rings (SSSR count). The van der Waals surface area contributed by atoms with Crippen LogP contribution >= 0.6 is 7.82 Å². The van der Waals surface area contributed by atoms with Crippen molar-refractivity contribution in [3.8, 4) is 0 Å². The fourth-order valence-corrected chi connectivity index (χ4v) is 6.18. The molecule has 9 nitrogen and oxygen atoms in total. The molecular formula is C45H79O9P. The van der Waals surface area contributed by atoms with Gasteiger partial charge in [-0.3, -0.25) is 14.1 Å². The van der Waals surface area contributed by atoms with Crippen molar-refractivity contribution in [1.29, 1.82) is 0 Å². The number of allylic oxidation sites excluding steroid dienone is 9. The van der Waals surface area contributed by atoms with E-state index in [2.05, 4.69) is 54.8 Å². The van der Waals surface area contributed by atoms with Gasteiger partial charge in [0.1, 0.15) is 6.61 Å². The third kappa shape index (κ3) is 42.7. The first-order valence-corrected chi connectivity index (χ1v) is 23.2. The van der Waals surface area contributed by atoms with Crippen LogP contribution in [0.15, 0.2) is 60.8 Å². The Morgan fingerprint density at radius 1 is 0.564 bits per heavy atom. The number of hydrogen-bond acceptors (Lipinski definition) is 7. The molecule has 0 saturated carbocycles. The molecule has 0 amide bonds. The number of hydrogen-bond donors (Lipinski definition) is 3. The van der Waals surface area contributed by atoms with Gasteiger partial charge in [-0.05, 0) is 70.6 Å². The van der Waals surface area contributed by atoms with Gasteiger partial charge in [-0.2, -0.15) is 0 Å². The molecule has 2 atom stereocenters. The first-order chi connectivity index (χ1) is 26.7. The second-order valence-electron chi connectivity index (χ2n) is 14.5. The fraction of sp³-hybridized carbons (Fsp3) is 0.733. The van der Waals surface area contributed by atoms with E-state index in [0.717, 1.165) is 38.5 Å². The summed E-state index contributed by atoms with van der Waals surface area (Å²) in [6, 6.07) is 0. The van der Waals surface area contributed by atoms with Gasteiger partial charge in [-0.1, -0.05) is 164 Å². The molecule has 0 aromatic carbocycles. The molecule has 0 unspecified atom stereocenters.